The second-order valence-electron chi connectivity index (χ2n) is 5.65. The molecule has 0 saturated carbocycles. The number of amides is 3. The van der Waals surface area contributed by atoms with Crippen LogP contribution in [0.2, 0.25) is 0 Å². The summed E-state index contributed by atoms with van der Waals surface area (Å²) in [5.74, 6) is -0.270. The lowest BCUT2D eigenvalue weighted by atomic mass is 9.97. The Morgan fingerprint density at radius 1 is 1.42 bits per heavy atom. The van der Waals surface area contributed by atoms with Crippen LogP contribution in [0.4, 0.5) is 9.93 Å². The third kappa shape index (κ3) is 4.30. The van der Waals surface area contributed by atoms with Crippen molar-refractivity contribution in [3.63, 3.8) is 0 Å². The first-order valence-electron chi connectivity index (χ1n) is 7.76. The summed E-state index contributed by atoms with van der Waals surface area (Å²) in [6.45, 7) is 3.45. The minimum Gasteiger partial charge on any atom is -0.331 e. The van der Waals surface area contributed by atoms with Crippen LogP contribution in [-0.4, -0.2) is 39.9 Å². The Hall–Kier alpha value is -2.00. The summed E-state index contributed by atoms with van der Waals surface area (Å²) >= 11 is 2.92. The van der Waals surface area contributed by atoms with Crippen LogP contribution in [0.5, 0.6) is 0 Å². The van der Waals surface area contributed by atoms with Gasteiger partial charge >= 0.3 is 6.03 Å². The topological polar surface area (TPSA) is 87.2 Å². The summed E-state index contributed by atoms with van der Waals surface area (Å²) in [6, 6.07) is -0.144. The number of carbonyl (C=O) groups is 2. The Kier molecular flexibility index (Phi) is 5.41. The van der Waals surface area contributed by atoms with Crippen molar-refractivity contribution < 1.29 is 9.59 Å². The molecule has 0 spiro atoms. The molecule has 1 fully saturated rings. The molecule has 1 saturated heterocycles. The van der Waals surface area contributed by atoms with E-state index in [-0.39, 0.29) is 17.9 Å². The van der Waals surface area contributed by atoms with E-state index in [1.165, 1.54) is 22.7 Å². The summed E-state index contributed by atoms with van der Waals surface area (Å²) in [4.78, 5) is 34.7. The fraction of sp³-hybridized carbons (Fsp3) is 0.467. The van der Waals surface area contributed by atoms with Crippen molar-refractivity contribution in [3.05, 3.63) is 27.7 Å². The standard InChI is InChI=1S/C15H19N5O2S2/c1-10-9-24-12(18-10)7-17-15(22)20-5-2-3-11(8-20)13(21)19-14-16-4-6-23-14/h4,6,9,11H,2-3,5,7-8H2,1H3,(H,17,22)(H,16,19,21). The van der Waals surface area contributed by atoms with Gasteiger partial charge in [0.25, 0.3) is 0 Å². The monoisotopic (exact) mass is 365 g/mol. The predicted molar refractivity (Wildman–Crippen MR) is 94.1 cm³/mol. The lowest BCUT2D eigenvalue weighted by Gasteiger charge is -2.31. The first kappa shape index (κ1) is 16.8. The minimum atomic E-state index is -0.199. The van der Waals surface area contributed by atoms with E-state index in [4.69, 9.17) is 0 Å². The maximum Gasteiger partial charge on any atom is 0.317 e. The summed E-state index contributed by atoms with van der Waals surface area (Å²) in [5, 5.41) is 11.0. The van der Waals surface area contributed by atoms with Crippen LogP contribution in [0.1, 0.15) is 23.5 Å². The third-order valence-corrected chi connectivity index (χ3v) is 5.45. The highest BCUT2D eigenvalue weighted by molar-refractivity contribution is 7.13. The molecule has 24 heavy (non-hydrogen) atoms. The molecule has 3 heterocycles. The van der Waals surface area contributed by atoms with E-state index < -0.39 is 0 Å². The Morgan fingerprint density at radius 2 is 2.29 bits per heavy atom. The van der Waals surface area contributed by atoms with Gasteiger partial charge in [0.2, 0.25) is 5.91 Å². The number of piperidine rings is 1. The maximum absolute atomic E-state index is 12.3. The SMILES string of the molecule is Cc1csc(CNC(=O)N2CCCC(C(=O)Nc3nccs3)C2)n1. The molecule has 0 radical (unpaired) electrons. The molecule has 2 aromatic rings. The molecule has 3 amide bonds. The summed E-state index contributed by atoms with van der Waals surface area (Å²) in [6.07, 6.45) is 3.26. The highest BCUT2D eigenvalue weighted by Gasteiger charge is 2.28. The molecule has 2 N–H and O–H groups in total. The fourth-order valence-electron chi connectivity index (χ4n) is 2.62. The van der Waals surface area contributed by atoms with Gasteiger partial charge in [0.05, 0.1) is 12.5 Å². The second kappa shape index (κ2) is 7.71. The Balaban J connectivity index is 1.50. The highest BCUT2D eigenvalue weighted by atomic mass is 32.1. The summed E-state index contributed by atoms with van der Waals surface area (Å²) in [5.41, 5.74) is 0.959. The van der Waals surface area contributed by atoms with E-state index in [2.05, 4.69) is 20.6 Å². The molecular formula is C15H19N5O2S2. The smallest absolute Gasteiger partial charge is 0.317 e. The van der Waals surface area contributed by atoms with Gasteiger partial charge in [-0.05, 0) is 19.8 Å². The van der Waals surface area contributed by atoms with Crippen LogP contribution < -0.4 is 10.6 Å². The number of hydrogen-bond acceptors (Lipinski definition) is 6. The zero-order chi connectivity index (χ0) is 16.9. The molecular weight excluding hydrogens is 346 g/mol. The van der Waals surface area contributed by atoms with Crippen LogP contribution >= 0.6 is 22.7 Å². The number of nitrogens with one attached hydrogen (secondary N) is 2. The van der Waals surface area contributed by atoms with E-state index in [0.29, 0.717) is 24.8 Å². The van der Waals surface area contributed by atoms with Crippen molar-refractivity contribution in [3.8, 4) is 0 Å². The van der Waals surface area contributed by atoms with Crippen LogP contribution in [0.15, 0.2) is 17.0 Å². The van der Waals surface area contributed by atoms with Crippen LogP contribution in [-0.2, 0) is 11.3 Å². The second-order valence-corrected chi connectivity index (χ2v) is 7.49. The lowest BCUT2D eigenvalue weighted by molar-refractivity contribution is -0.121. The van der Waals surface area contributed by atoms with Gasteiger partial charge in [0.15, 0.2) is 5.13 Å². The fourth-order valence-corrected chi connectivity index (χ4v) is 3.86. The number of likely N-dealkylation sites (tertiary alicyclic amines) is 1. The number of carbonyl (C=O) groups excluding carboxylic acids is 2. The number of hydrogen-bond donors (Lipinski definition) is 2. The number of anilines is 1. The number of rotatable bonds is 4. The largest absolute Gasteiger partial charge is 0.331 e. The number of aryl methyl sites for hydroxylation is 1. The molecule has 128 valence electrons. The van der Waals surface area contributed by atoms with Gasteiger partial charge in [-0.15, -0.1) is 22.7 Å². The minimum absolute atomic E-state index is 0.0713. The van der Waals surface area contributed by atoms with Crippen LogP contribution in [0.3, 0.4) is 0 Å². The Bertz CT molecular complexity index is 701. The number of thiazole rings is 2. The van der Waals surface area contributed by atoms with E-state index in [1.807, 2.05) is 17.7 Å². The molecule has 9 heteroatoms. The summed E-state index contributed by atoms with van der Waals surface area (Å²) < 4.78 is 0. The average molecular weight is 365 g/mol. The lowest BCUT2D eigenvalue weighted by Crippen LogP contribution is -2.47. The molecule has 1 aliphatic rings. The van der Waals surface area contributed by atoms with Gasteiger partial charge in [0, 0.05) is 35.7 Å². The van der Waals surface area contributed by atoms with E-state index in [0.717, 1.165) is 23.5 Å². The zero-order valence-electron chi connectivity index (χ0n) is 13.3. The third-order valence-electron chi connectivity index (χ3n) is 3.80. The van der Waals surface area contributed by atoms with Gasteiger partial charge < -0.3 is 15.5 Å². The number of nitrogens with zero attached hydrogens (tertiary/aromatic N) is 3. The normalized spacial score (nSPS) is 17.5. The Morgan fingerprint density at radius 3 is 3.00 bits per heavy atom. The molecule has 0 bridgehead atoms. The first-order chi connectivity index (χ1) is 11.6. The predicted octanol–water partition coefficient (Wildman–Crippen LogP) is 2.47. The van der Waals surface area contributed by atoms with Crippen molar-refractivity contribution in [2.75, 3.05) is 18.4 Å². The van der Waals surface area contributed by atoms with Gasteiger partial charge in [-0.3, -0.25) is 4.79 Å². The quantitative estimate of drug-likeness (QED) is 0.871. The molecule has 3 rings (SSSR count). The molecule has 7 nitrogen and oxygen atoms in total. The molecule has 1 aliphatic heterocycles. The van der Waals surface area contributed by atoms with Crippen molar-refractivity contribution in [2.45, 2.75) is 26.3 Å². The van der Waals surface area contributed by atoms with Crippen molar-refractivity contribution in [1.29, 1.82) is 0 Å². The summed E-state index contributed by atoms with van der Waals surface area (Å²) in [7, 11) is 0. The maximum atomic E-state index is 12.3. The molecule has 2 aromatic heterocycles. The molecule has 1 atom stereocenters. The van der Waals surface area contributed by atoms with Crippen molar-refractivity contribution in [2.24, 2.45) is 5.92 Å². The van der Waals surface area contributed by atoms with Gasteiger partial charge in [-0.2, -0.15) is 0 Å². The molecule has 0 aromatic carbocycles. The highest BCUT2D eigenvalue weighted by Crippen LogP contribution is 2.20. The average Bonchev–Trinajstić information content (AvgIpc) is 3.24. The van der Waals surface area contributed by atoms with E-state index >= 15 is 0 Å². The van der Waals surface area contributed by atoms with Gasteiger partial charge in [-0.1, -0.05) is 0 Å². The first-order valence-corrected chi connectivity index (χ1v) is 9.52. The van der Waals surface area contributed by atoms with E-state index in [1.54, 1.807) is 11.1 Å². The molecule has 1 unspecified atom stereocenters. The van der Waals surface area contributed by atoms with Crippen molar-refractivity contribution in [1.82, 2.24) is 20.2 Å². The molecule has 0 aliphatic carbocycles. The van der Waals surface area contributed by atoms with E-state index in [9.17, 15) is 9.59 Å². The van der Waals surface area contributed by atoms with Crippen LogP contribution in [0.25, 0.3) is 0 Å². The Labute approximate surface area is 148 Å². The number of urea groups is 1. The zero-order valence-corrected chi connectivity index (χ0v) is 15.0. The van der Waals surface area contributed by atoms with Gasteiger partial charge in [0.1, 0.15) is 5.01 Å². The number of aromatic nitrogens is 2. The van der Waals surface area contributed by atoms with Crippen molar-refractivity contribution >= 4 is 39.7 Å². The van der Waals surface area contributed by atoms with Gasteiger partial charge in [-0.25, -0.2) is 14.8 Å². The van der Waals surface area contributed by atoms with Crippen LogP contribution in [0, 0.1) is 12.8 Å².